The zero-order valence-corrected chi connectivity index (χ0v) is 7.83. The van der Waals surface area contributed by atoms with Gasteiger partial charge in [0.1, 0.15) is 6.61 Å². The van der Waals surface area contributed by atoms with E-state index in [0.29, 0.717) is 0 Å². The van der Waals surface area contributed by atoms with Crippen LogP contribution < -0.4 is 5.73 Å². The smallest absolute Gasteiger partial charge is 0.404 e. The summed E-state index contributed by atoms with van der Waals surface area (Å²) in [6.45, 7) is 5.91. The molecule has 0 rings (SSSR count). The number of aliphatic hydroxyl groups excluding tert-OH is 1. The number of rotatable bonds is 4. The largest absolute Gasteiger partial charge is 0.449 e. The quantitative estimate of drug-likeness (QED) is 0.661. The van der Waals surface area contributed by atoms with Gasteiger partial charge in [-0.05, 0) is 5.92 Å². The molecule has 0 radical (unpaired) electrons. The molecular weight excluding hydrogens is 158 g/mol. The fourth-order valence-electron chi connectivity index (χ4n) is 0.631. The van der Waals surface area contributed by atoms with Crippen molar-refractivity contribution in [2.45, 2.75) is 20.8 Å². The highest BCUT2D eigenvalue weighted by Crippen LogP contribution is 2.26. The Morgan fingerprint density at radius 2 is 2.17 bits per heavy atom. The van der Waals surface area contributed by atoms with Crippen LogP contribution in [0.4, 0.5) is 4.79 Å². The minimum Gasteiger partial charge on any atom is -0.449 e. The van der Waals surface area contributed by atoms with E-state index in [9.17, 15) is 4.79 Å². The molecule has 0 heterocycles. The molecule has 1 amide bonds. The lowest BCUT2D eigenvalue weighted by Crippen LogP contribution is -2.35. The van der Waals surface area contributed by atoms with Crippen molar-refractivity contribution >= 4 is 6.09 Å². The minimum absolute atomic E-state index is 0.0159. The summed E-state index contributed by atoms with van der Waals surface area (Å²) in [6, 6.07) is 0. The molecule has 0 aliphatic carbocycles. The van der Waals surface area contributed by atoms with Crippen LogP contribution in [0.5, 0.6) is 0 Å². The lowest BCUT2D eigenvalue weighted by atomic mass is 9.81. The van der Waals surface area contributed by atoms with Crippen LogP contribution in [0.25, 0.3) is 0 Å². The molecule has 0 aliphatic rings. The van der Waals surface area contributed by atoms with Crippen LogP contribution in [-0.4, -0.2) is 24.4 Å². The molecule has 0 unspecified atom stereocenters. The molecule has 0 aromatic carbocycles. The molecule has 72 valence electrons. The predicted molar refractivity (Wildman–Crippen MR) is 45.6 cm³/mol. The lowest BCUT2D eigenvalue weighted by molar-refractivity contribution is 0.0219. The van der Waals surface area contributed by atoms with Crippen molar-refractivity contribution in [2.24, 2.45) is 17.1 Å². The highest BCUT2D eigenvalue weighted by molar-refractivity contribution is 5.64. The van der Waals surface area contributed by atoms with Gasteiger partial charge in [0.05, 0.1) is 6.61 Å². The van der Waals surface area contributed by atoms with Gasteiger partial charge in [0.2, 0.25) is 0 Å². The van der Waals surface area contributed by atoms with Crippen LogP contribution in [-0.2, 0) is 4.74 Å². The molecule has 0 fully saturated rings. The molecule has 4 nitrogen and oxygen atoms in total. The molecule has 0 aliphatic heterocycles. The number of carbonyl (C=O) groups is 1. The Bertz CT molecular complexity index is 158. The molecular formula is C8H17NO3. The highest BCUT2D eigenvalue weighted by Gasteiger charge is 2.28. The second-order valence-electron chi connectivity index (χ2n) is 3.57. The predicted octanol–water partition coefficient (Wildman–Crippen LogP) is 0.736. The molecule has 0 spiro atoms. The van der Waals surface area contributed by atoms with Crippen LogP contribution >= 0.6 is 0 Å². The zero-order valence-electron chi connectivity index (χ0n) is 7.83. The van der Waals surface area contributed by atoms with Crippen LogP contribution in [0.1, 0.15) is 20.8 Å². The molecule has 0 aromatic rings. The highest BCUT2D eigenvalue weighted by atomic mass is 16.5. The second kappa shape index (κ2) is 4.30. The first-order chi connectivity index (χ1) is 5.42. The molecule has 1 atom stereocenters. The fourth-order valence-corrected chi connectivity index (χ4v) is 0.631. The number of amides is 1. The number of aliphatic hydroxyl groups is 1. The zero-order chi connectivity index (χ0) is 9.78. The van der Waals surface area contributed by atoms with Gasteiger partial charge in [0.15, 0.2) is 0 Å². The summed E-state index contributed by atoms with van der Waals surface area (Å²) >= 11 is 0. The van der Waals surface area contributed by atoms with Crippen molar-refractivity contribution in [3.63, 3.8) is 0 Å². The maximum Gasteiger partial charge on any atom is 0.404 e. The standard InChI is InChI=1S/C8H17NO3/c1-6(2)8(3,4-10)5-12-7(9)11/h6,10H,4-5H2,1-3H3,(H2,9,11)/t8-/m1/s1. The van der Waals surface area contributed by atoms with Crippen molar-refractivity contribution in [3.05, 3.63) is 0 Å². The van der Waals surface area contributed by atoms with E-state index in [-0.39, 0.29) is 19.1 Å². The Morgan fingerprint density at radius 3 is 2.42 bits per heavy atom. The third-order valence-electron chi connectivity index (χ3n) is 2.30. The molecule has 0 bridgehead atoms. The normalized spacial score (nSPS) is 15.8. The van der Waals surface area contributed by atoms with Crippen molar-refractivity contribution in [3.8, 4) is 0 Å². The number of hydrogen-bond acceptors (Lipinski definition) is 3. The SMILES string of the molecule is CC(C)[C@](C)(CO)COC(N)=O. The van der Waals surface area contributed by atoms with Crippen molar-refractivity contribution < 1.29 is 14.6 Å². The third-order valence-corrected chi connectivity index (χ3v) is 2.30. The third kappa shape index (κ3) is 3.09. The Hall–Kier alpha value is -0.770. The van der Waals surface area contributed by atoms with Gasteiger partial charge in [0.25, 0.3) is 0 Å². The van der Waals surface area contributed by atoms with E-state index in [2.05, 4.69) is 4.74 Å². The maximum absolute atomic E-state index is 10.3. The summed E-state index contributed by atoms with van der Waals surface area (Å²) in [5.74, 6) is 0.238. The number of carbonyl (C=O) groups excluding carboxylic acids is 1. The number of hydrogen-bond donors (Lipinski definition) is 2. The molecule has 3 N–H and O–H groups in total. The van der Waals surface area contributed by atoms with Crippen LogP contribution in [0.15, 0.2) is 0 Å². The van der Waals surface area contributed by atoms with Crippen LogP contribution in [0.3, 0.4) is 0 Å². The summed E-state index contributed by atoms with van der Waals surface area (Å²) in [7, 11) is 0. The van der Waals surface area contributed by atoms with Gasteiger partial charge in [-0.2, -0.15) is 0 Å². The van der Waals surface area contributed by atoms with Crippen LogP contribution in [0.2, 0.25) is 0 Å². The number of ether oxygens (including phenoxy) is 1. The Kier molecular flexibility index (Phi) is 4.03. The summed E-state index contributed by atoms with van der Waals surface area (Å²) in [6.07, 6.45) is -0.796. The Balaban J connectivity index is 4.05. The van der Waals surface area contributed by atoms with Gasteiger partial charge in [0, 0.05) is 5.41 Å². The van der Waals surface area contributed by atoms with E-state index >= 15 is 0 Å². The van der Waals surface area contributed by atoms with Crippen molar-refractivity contribution in [1.82, 2.24) is 0 Å². The summed E-state index contributed by atoms with van der Waals surface area (Å²) in [4.78, 5) is 10.3. The van der Waals surface area contributed by atoms with E-state index in [1.807, 2.05) is 20.8 Å². The monoisotopic (exact) mass is 175 g/mol. The second-order valence-corrected chi connectivity index (χ2v) is 3.57. The van der Waals surface area contributed by atoms with Crippen molar-refractivity contribution in [1.29, 1.82) is 0 Å². The van der Waals surface area contributed by atoms with Gasteiger partial charge in [-0.1, -0.05) is 20.8 Å². The molecule has 0 aromatic heterocycles. The molecule has 0 saturated heterocycles. The summed E-state index contributed by atoms with van der Waals surface area (Å²) < 4.78 is 4.64. The first kappa shape index (κ1) is 11.2. The van der Waals surface area contributed by atoms with Gasteiger partial charge in [-0.3, -0.25) is 0 Å². The lowest BCUT2D eigenvalue weighted by Gasteiger charge is -2.30. The van der Waals surface area contributed by atoms with Gasteiger partial charge < -0.3 is 15.6 Å². The average molecular weight is 175 g/mol. The minimum atomic E-state index is -0.796. The van der Waals surface area contributed by atoms with Gasteiger partial charge in [-0.25, -0.2) is 4.79 Å². The molecule has 4 heteroatoms. The van der Waals surface area contributed by atoms with E-state index in [1.165, 1.54) is 0 Å². The average Bonchev–Trinajstić information content (AvgIpc) is 1.99. The number of nitrogens with two attached hydrogens (primary N) is 1. The first-order valence-corrected chi connectivity index (χ1v) is 3.95. The van der Waals surface area contributed by atoms with E-state index in [1.54, 1.807) is 0 Å². The van der Waals surface area contributed by atoms with E-state index in [0.717, 1.165) is 0 Å². The molecule has 0 saturated carbocycles. The maximum atomic E-state index is 10.3. The van der Waals surface area contributed by atoms with Gasteiger partial charge >= 0.3 is 6.09 Å². The Labute approximate surface area is 72.7 Å². The van der Waals surface area contributed by atoms with Crippen molar-refractivity contribution in [2.75, 3.05) is 13.2 Å². The van der Waals surface area contributed by atoms with E-state index < -0.39 is 11.5 Å². The summed E-state index contributed by atoms with van der Waals surface area (Å²) in [5.41, 5.74) is 4.42. The van der Waals surface area contributed by atoms with E-state index in [4.69, 9.17) is 10.8 Å². The fraction of sp³-hybridized carbons (Fsp3) is 0.875. The molecule has 12 heavy (non-hydrogen) atoms. The van der Waals surface area contributed by atoms with Gasteiger partial charge in [-0.15, -0.1) is 0 Å². The Morgan fingerprint density at radius 1 is 1.67 bits per heavy atom. The van der Waals surface area contributed by atoms with Crippen LogP contribution in [0, 0.1) is 11.3 Å². The first-order valence-electron chi connectivity index (χ1n) is 3.95. The number of primary amides is 1. The topological polar surface area (TPSA) is 72.6 Å². The summed E-state index contributed by atoms with van der Waals surface area (Å²) in [5, 5.41) is 9.04.